The first kappa shape index (κ1) is 15.8. The topological polar surface area (TPSA) is 80.7 Å². The van der Waals surface area contributed by atoms with Gasteiger partial charge in [0.15, 0.2) is 0 Å². The maximum absolute atomic E-state index is 10.9. The van der Waals surface area contributed by atoms with Gasteiger partial charge in [-0.15, -0.1) is 0 Å². The van der Waals surface area contributed by atoms with E-state index in [1.165, 1.54) is 24.4 Å². The number of hydrogen-bond donors (Lipinski definition) is 1. The number of para-hydroxylation sites is 1. The van der Waals surface area contributed by atoms with Crippen molar-refractivity contribution in [1.82, 2.24) is 0 Å². The molecule has 1 aromatic heterocycles. The van der Waals surface area contributed by atoms with Crippen molar-refractivity contribution in [2.75, 3.05) is 5.43 Å². The molecule has 0 saturated carbocycles. The zero-order valence-corrected chi connectivity index (χ0v) is 13.1. The third-order valence-electron chi connectivity index (χ3n) is 3.21. The van der Waals surface area contributed by atoms with Crippen LogP contribution >= 0.6 is 11.6 Å². The predicted octanol–water partition coefficient (Wildman–Crippen LogP) is 4.95. The summed E-state index contributed by atoms with van der Waals surface area (Å²) in [5.74, 6) is 0.931. The number of halogens is 1. The molecule has 0 unspecified atom stereocenters. The molecule has 6 nitrogen and oxygen atoms in total. The molecular formula is C17H12ClN3O3. The number of benzene rings is 2. The lowest BCUT2D eigenvalue weighted by molar-refractivity contribution is -0.384. The Kier molecular flexibility index (Phi) is 4.58. The van der Waals surface area contributed by atoms with Crippen molar-refractivity contribution in [3.05, 3.63) is 81.6 Å². The molecule has 0 spiro atoms. The van der Waals surface area contributed by atoms with E-state index in [0.29, 0.717) is 22.1 Å². The molecule has 7 heteroatoms. The second kappa shape index (κ2) is 6.97. The molecule has 0 aliphatic carbocycles. The quantitative estimate of drug-likeness (QED) is 0.404. The largest absolute Gasteiger partial charge is 0.455 e. The lowest BCUT2D eigenvalue weighted by Crippen LogP contribution is -1.89. The van der Waals surface area contributed by atoms with Gasteiger partial charge in [0.2, 0.25) is 0 Å². The Bertz CT molecular complexity index is 891. The van der Waals surface area contributed by atoms with Crippen molar-refractivity contribution in [1.29, 1.82) is 0 Å². The van der Waals surface area contributed by atoms with Crippen molar-refractivity contribution in [3.8, 4) is 11.3 Å². The number of nitrogens with zero attached hydrogens (tertiary/aromatic N) is 2. The number of hydrazone groups is 1. The van der Waals surface area contributed by atoms with E-state index >= 15 is 0 Å². The summed E-state index contributed by atoms with van der Waals surface area (Å²) in [5, 5.41) is 15.3. The van der Waals surface area contributed by atoms with Crippen LogP contribution in [0.5, 0.6) is 0 Å². The van der Waals surface area contributed by atoms with Gasteiger partial charge in [0.05, 0.1) is 21.8 Å². The van der Waals surface area contributed by atoms with Crippen molar-refractivity contribution >= 4 is 29.2 Å². The zero-order chi connectivity index (χ0) is 16.9. The molecule has 0 aliphatic rings. The average molecular weight is 342 g/mol. The highest BCUT2D eigenvalue weighted by Crippen LogP contribution is 2.32. The van der Waals surface area contributed by atoms with Crippen LogP contribution in [0.15, 0.2) is 70.2 Å². The van der Waals surface area contributed by atoms with E-state index in [9.17, 15) is 10.1 Å². The van der Waals surface area contributed by atoms with Crippen LogP contribution in [-0.2, 0) is 0 Å². The molecule has 3 aromatic rings. The first-order valence-electron chi connectivity index (χ1n) is 7.02. The Morgan fingerprint density at radius 3 is 2.67 bits per heavy atom. The second-order valence-electron chi connectivity index (χ2n) is 4.86. The van der Waals surface area contributed by atoms with Crippen LogP contribution in [-0.4, -0.2) is 11.1 Å². The van der Waals surface area contributed by atoms with Crippen LogP contribution in [0, 0.1) is 10.1 Å². The summed E-state index contributed by atoms with van der Waals surface area (Å²) in [5.41, 5.74) is 4.13. The van der Waals surface area contributed by atoms with Crippen LogP contribution < -0.4 is 5.43 Å². The minimum atomic E-state index is -0.477. The minimum absolute atomic E-state index is 0.0493. The van der Waals surface area contributed by atoms with Crippen LogP contribution in [0.3, 0.4) is 0 Å². The number of nitro benzene ring substituents is 1. The average Bonchev–Trinajstić information content (AvgIpc) is 3.04. The molecule has 3 rings (SSSR count). The van der Waals surface area contributed by atoms with Crippen LogP contribution in [0.2, 0.25) is 5.02 Å². The van der Waals surface area contributed by atoms with Crippen molar-refractivity contribution < 1.29 is 9.34 Å². The number of furan rings is 1. The maximum atomic E-state index is 10.9. The second-order valence-corrected chi connectivity index (χ2v) is 5.27. The Balaban J connectivity index is 1.78. The van der Waals surface area contributed by atoms with E-state index in [4.69, 9.17) is 16.0 Å². The van der Waals surface area contributed by atoms with E-state index in [1.807, 2.05) is 30.3 Å². The summed E-state index contributed by atoms with van der Waals surface area (Å²) in [4.78, 5) is 10.4. The number of anilines is 1. The fourth-order valence-corrected chi connectivity index (χ4v) is 2.28. The third kappa shape index (κ3) is 3.61. The van der Waals surface area contributed by atoms with Gasteiger partial charge in [-0.2, -0.15) is 5.10 Å². The SMILES string of the molecule is O=[N+]([O-])c1ccc(Cl)c(-c2ccc(/C=N\Nc3ccccc3)o2)c1. The number of hydrogen-bond acceptors (Lipinski definition) is 5. The molecular weight excluding hydrogens is 330 g/mol. The van der Waals surface area contributed by atoms with Crippen LogP contribution in [0.25, 0.3) is 11.3 Å². The van der Waals surface area contributed by atoms with Crippen molar-refractivity contribution in [2.24, 2.45) is 5.10 Å². The fourth-order valence-electron chi connectivity index (χ4n) is 2.07. The predicted molar refractivity (Wildman–Crippen MR) is 93.5 cm³/mol. The fraction of sp³-hybridized carbons (Fsp3) is 0. The van der Waals surface area contributed by atoms with Crippen molar-refractivity contribution in [2.45, 2.75) is 0 Å². The summed E-state index contributed by atoms with van der Waals surface area (Å²) in [7, 11) is 0. The molecule has 0 atom stereocenters. The van der Waals surface area contributed by atoms with Gasteiger partial charge in [0.1, 0.15) is 11.5 Å². The van der Waals surface area contributed by atoms with E-state index in [-0.39, 0.29) is 5.69 Å². The lowest BCUT2D eigenvalue weighted by Gasteiger charge is -2.00. The Labute approximate surface area is 142 Å². The molecule has 2 aromatic carbocycles. The molecule has 0 aliphatic heterocycles. The summed E-state index contributed by atoms with van der Waals surface area (Å²) >= 11 is 6.10. The number of non-ortho nitro benzene ring substituents is 1. The van der Waals surface area contributed by atoms with Crippen LogP contribution in [0.4, 0.5) is 11.4 Å². The first-order valence-corrected chi connectivity index (χ1v) is 7.39. The zero-order valence-electron chi connectivity index (χ0n) is 12.3. The van der Waals surface area contributed by atoms with Crippen LogP contribution in [0.1, 0.15) is 5.76 Å². The number of nitrogens with one attached hydrogen (secondary N) is 1. The van der Waals surface area contributed by atoms with Gasteiger partial charge < -0.3 is 4.42 Å². The van der Waals surface area contributed by atoms with Crippen molar-refractivity contribution in [3.63, 3.8) is 0 Å². The molecule has 0 amide bonds. The first-order chi connectivity index (χ1) is 11.6. The molecule has 120 valence electrons. The standard InChI is InChI=1S/C17H12ClN3O3/c18-16-8-6-13(21(22)23)10-15(16)17-9-7-14(24-17)11-19-20-12-4-2-1-3-5-12/h1-11,20H/b19-11-. The van der Waals surface area contributed by atoms with Gasteiger partial charge in [-0.25, -0.2) is 0 Å². The maximum Gasteiger partial charge on any atom is 0.270 e. The molecule has 1 N–H and O–H groups in total. The Morgan fingerprint density at radius 2 is 1.92 bits per heavy atom. The lowest BCUT2D eigenvalue weighted by atomic mass is 10.1. The number of nitro groups is 1. The summed E-state index contributed by atoms with van der Waals surface area (Å²) < 4.78 is 5.63. The molecule has 24 heavy (non-hydrogen) atoms. The smallest absolute Gasteiger partial charge is 0.270 e. The van der Waals surface area contributed by atoms with Gasteiger partial charge in [0, 0.05) is 17.7 Å². The van der Waals surface area contributed by atoms with Gasteiger partial charge in [-0.3, -0.25) is 15.5 Å². The van der Waals surface area contributed by atoms with Gasteiger partial charge in [-0.1, -0.05) is 29.8 Å². The third-order valence-corrected chi connectivity index (χ3v) is 3.54. The summed E-state index contributed by atoms with van der Waals surface area (Å²) in [6.45, 7) is 0. The summed E-state index contributed by atoms with van der Waals surface area (Å²) in [6, 6.07) is 17.1. The van der Waals surface area contributed by atoms with Gasteiger partial charge in [-0.05, 0) is 30.3 Å². The minimum Gasteiger partial charge on any atom is -0.455 e. The van der Waals surface area contributed by atoms with E-state index in [0.717, 1.165) is 5.69 Å². The molecule has 0 fully saturated rings. The molecule has 0 radical (unpaired) electrons. The highest BCUT2D eigenvalue weighted by molar-refractivity contribution is 6.33. The number of rotatable bonds is 5. The van der Waals surface area contributed by atoms with Gasteiger partial charge in [0.25, 0.3) is 5.69 Å². The summed E-state index contributed by atoms with van der Waals surface area (Å²) in [6.07, 6.45) is 1.52. The van der Waals surface area contributed by atoms with E-state index in [1.54, 1.807) is 12.1 Å². The highest BCUT2D eigenvalue weighted by Gasteiger charge is 2.14. The van der Waals surface area contributed by atoms with E-state index < -0.39 is 4.92 Å². The normalized spacial score (nSPS) is 10.9. The molecule has 1 heterocycles. The monoisotopic (exact) mass is 341 g/mol. The van der Waals surface area contributed by atoms with Gasteiger partial charge >= 0.3 is 0 Å². The highest BCUT2D eigenvalue weighted by atomic mass is 35.5. The Hall–Kier alpha value is -3.12. The van der Waals surface area contributed by atoms with E-state index in [2.05, 4.69) is 10.5 Å². The molecule has 0 saturated heterocycles. The molecule has 0 bridgehead atoms. The Morgan fingerprint density at radius 1 is 1.12 bits per heavy atom.